The van der Waals surface area contributed by atoms with Crippen LogP contribution in [0.15, 0.2) is 54.6 Å². The molecule has 0 spiro atoms. The van der Waals surface area contributed by atoms with Crippen molar-refractivity contribution >= 4 is 27.5 Å². The summed E-state index contributed by atoms with van der Waals surface area (Å²) in [5.41, 5.74) is 2.35. The number of anilines is 1. The monoisotopic (exact) mass is 487 g/mol. The van der Waals surface area contributed by atoms with Crippen LogP contribution in [0.4, 0.5) is 5.69 Å². The van der Waals surface area contributed by atoms with Crippen molar-refractivity contribution in [2.75, 3.05) is 30.2 Å². The second-order valence-electron chi connectivity index (χ2n) is 8.89. The van der Waals surface area contributed by atoms with Crippen LogP contribution in [0.3, 0.4) is 0 Å². The van der Waals surface area contributed by atoms with E-state index < -0.39 is 22.0 Å². The van der Waals surface area contributed by atoms with Crippen LogP contribution in [0.25, 0.3) is 0 Å². The van der Waals surface area contributed by atoms with Gasteiger partial charge in [0.1, 0.15) is 12.6 Å². The van der Waals surface area contributed by atoms with Crippen LogP contribution in [0, 0.1) is 5.92 Å². The molecule has 186 valence electrons. The van der Waals surface area contributed by atoms with Crippen molar-refractivity contribution in [3.8, 4) is 0 Å². The first kappa shape index (κ1) is 27.4. The van der Waals surface area contributed by atoms with E-state index in [1.807, 2.05) is 63.2 Å². The molecule has 0 radical (unpaired) electrons. The Morgan fingerprint density at radius 3 is 2.18 bits per heavy atom. The van der Waals surface area contributed by atoms with Gasteiger partial charge in [-0.2, -0.15) is 0 Å². The molecular weight excluding hydrogens is 450 g/mol. The number of aryl methyl sites for hydroxylation is 1. The molecule has 0 bridgehead atoms. The van der Waals surface area contributed by atoms with Gasteiger partial charge in [0.2, 0.25) is 21.8 Å². The molecule has 0 aliphatic carbocycles. The third-order valence-electron chi connectivity index (χ3n) is 5.66. The average molecular weight is 488 g/mol. The zero-order valence-electron chi connectivity index (χ0n) is 20.8. The topological polar surface area (TPSA) is 86.8 Å². The molecule has 1 N–H and O–H groups in total. The molecule has 2 amide bonds. The lowest BCUT2D eigenvalue weighted by Crippen LogP contribution is -2.52. The lowest BCUT2D eigenvalue weighted by atomic mass is 10.1. The lowest BCUT2D eigenvalue weighted by Gasteiger charge is -2.32. The maximum atomic E-state index is 13.5. The second-order valence-corrected chi connectivity index (χ2v) is 10.8. The maximum Gasteiger partial charge on any atom is 0.244 e. The SMILES string of the molecule is CCc1ccccc1N(CC(=O)N(CCc1ccccc1)C(C)C(=O)NCC(C)C)S(C)(=O)=O. The predicted molar refractivity (Wildman–Crippen MR) is 137 cm³/mol. The molecule has 0 saturated heterocycles. The minimum absolute atomic E-state index is 0.255. The molecule has 7 nitrogen and oxygen atoms in total. The Balaban J connectivity index is 2.32. The minimum Gasteiger partial charge on any atom is -0.354 e. The molecule has 1 unspecified atom stereocenters. The number of carbonyl (C=O) groups excluding carboxylic acids is 2. The van der Waals surface area contributed by atoms with Crippen molar-refractivity contribution in [2.45, 2.75) is 46.6 Å². The van der Waals surface area contributed by atoms with E-state index in [4.69, 9.17) is 0 Å². The number of amides is 2. The van der Waals surface area contributed by atoms with E-state index in [9.17, 15) is 18.0 Å². The third kappa shape index (κ3) is 7.87. The van der Waals surface area contributed by atoms with Crippen LogP contribution in [0.5, 0.6) is 0 Å². The number of carbonyl (C=O) groups is 2. The van der Waals surface area contributed by atoms with Gasteiger partial charge in [0.15, 0.2) is 0 Å². The van der Waals surface area contributed by atoms with Gasteiger partial charge < -0.3 is 10.2 Å². The van der Waals surface area contributed by atoms with E-state index in [0.717, 1.165) is 21.7 Å². The summed E-state index contributed by atoms with van der Waals surface area (Å²) in [6.07, 6.45) is 2.28. The normalized spacial score (nSPS) is 12.3. The first-order valence-electron chi connectivity index (χ1n) is 11.7. The number of para-hydroxylation sites is 1. The molecule has 0 saturated carbocycles. The highest BCUT2D eigenvalue weighted by Crippen LogP contribution is 2.24. The maximum absolute atomic E-state index is 13.5. The zero-order chi connectivity index (χ0) is 25.3. The molecule has 2 aromatic carbocycles. The van der Waals surface area contributed by atoms with E-state index in [1.54, 1.807) is 19.1 Å². The van der Waals surface area contributed by atoms with Crippen LogP contribution in [-0.2, 0) is 32.5 Å². The van der Waals surface area contributed by atoms with Gasteiger partial charge in [0, 0.05) is 13.1 Å². The highest BCUT2D eigenvalue weighted by Gasteiger charge is 2.30. The van der Waals surface area contributed by atoms with Crippen LogP contribution in [0.2, 0.25) is 0 Å². The van der Waals surface area contributed by atoms with Gasteiger partial charge in [-0.25, -0.2) is 8.42 Å². The van der Waals surface area contributed by atoms with E-state index in [1.165, 1.54) is 4.90 Å². The fourth-order valence-corrected chi connectivity index (χ4v) is 4.55. The first-order chi connectivity index (χ1) is 16.0. The first-order valence-corrected chi connectivity index (χ1v) is 13.6. The van der Waals surface area contributed by atoms with Gasteiger partial charge in [0.25, 0.3) is 0 Å². The van der Waals surface area contributed by atoms with Crippen molar-refractivity contribution in [1.29, 1.82) is 0 Å². The number of nitrogens with one attached hydrogen (secondary N) is 1. The standard InChI is InChI=1S/C26H37N3O4S/c1-6-23-14-10-11-15-24(23)29(34(5,32)33)19-25(30)28(17-16-22-12-8-7-9-13-22)21(4)26(31)27-18-20(2)3/h7-15,20-21H,6,16-19H2,1-5H3,(H,27,31). The molecule has 0 aliphatic heterocycles. The summed E-state index contributed by atoms with van der Waals surface area (Å²) in [4.78, 5) is 27.8. The molecule has 34 heavy (non-hydrogen) atoms. The highest BCUT2D eigenvalue weighted by molar-refractivity contribution is 7.92. The summed E-state index contributed by atoms with van der Waals surface area (Å²) in [5.74, 6) is -0.398. The van der Waals surface area contributed by atoms with Gasteiger partial charge in [-0.15, -0.1) is 0 Å². The zero-order valence-corrected chi connectivity index (χ0v) is 21.6. The van der Waals surface area contributed by atoms with E-state index in [-0.39, 0.29) is 18.4 Å². The van der Waals surface area contributed by atoms with Crippen molar-refractivity contribution in [2.24, 2.45) is 5.92 Å². The Hall–Kier alpha value is -2.87. The Kier molecular flexibility index (Phi) is 10.1. The molecular formula is C26H37N3O4S. The van der Waals surface area contributed by atoms with Crippen LogP contribution in [-0.4, -0.2) is 57.1 Å². The summed E-state index contributed by atoms with van der Waals surface area (Å²) in [6.45, 7) is 8.05. The summed E-state index contributed by atoms with van der Waals surface area (Å²) in [6, 6.07) is 16.1. The van der Waals surface area contributed by atoms with Crippen LogP contribution < -0.4 is 9.62 Å². The van der Waals surface area contributed by atoms with E-state index in [0.29, 0.717) is 31.6 Å². The molecule has 0 heterocycles. The van der Waals surface area contributed by atoms with Gasteiger partial charge in [-0.3, -0.25) is 13.9 Å². The van der Waals surface area contributed by atoms with Crippen LogP contribution >= 0.6 is 0 Å². The van der Waals surface area contributed by atoms with Gasteiger partial charge >= 0.3 is 0 Å². The Morgan fingerprint density at radius 1 is 0.971 bits per heavy atom. The molecule has 0 aliphatic rings. The molecule has 1 atom stereocenters. The number of nitrogens with zero attached hydrogens (tertiary/aromatic N) is 2. The summed E-state index contributed by atoms with van der Waals surface area (Å²) in [7, 11) is -3.73. The molecule has 2 aromatic rings. The van der Waals surface area contributed by atoms with Gasteiger partial charge in [-0.1, -0.05) is 69.3 Å². The molecule has 2 rings (SSSR count). The van der Waals surface area contributed by atoms with Gasteiger partial charge in [-0.05, 0) is 42.9 Å². The Labute approximate surface area is 204 Å². The van der Waals surface area contributed by atoms with Crippen molar-refractivity contribution in [3.05, 3.63) is 65.7 Å². The molecule has 0 aromatic heterocycles. The fourth-order valence-electron chi connectivity index (χ4n) is 3.67. The fraction of sp³-hybridized carbons (Fsp3) is 0.462. The van der Waals surface area contributed by atoms with Gasteiger partial charge in [0.05, 0.1) is 11.9 Å². The average Bonchev–Trinajstić information content (AvgIpc) is 2.80. The number of sulfonamides is 1. The number of benzene rings is 2. The molecule has 0 fully saturated rings. The van der Waals surface area contributed by atoms with Crippen molar-refractivity contribution < 1.29 is 18.0 Å². The lowest BCUT2D eigenvalue weighted by molar-refractivity contribution is -0.138. The smallest absolute Gasteiger partial charge is 0.244 e. The summed E-state index contributed by atoms with van der Waals surface area (Å²) >= 11 is 0. The van der Waals surface area contributed by atoms with Crippen molar-refractivity contribution in [3.63, 3.8) is 0 Å². The minimum atomic E-state index is -3.73. The number of hydrogen-bond donors (Lipinski definition) is 1. The number of hydrogen-bond acceptors (Lipinski definition) is 4. The van der Waals surface area contributed by atoms with Crippen LogP contribution in [0.1, 0.15) is 38.8 Å². The molecule has 8 heteroatoms. The van der Waals surface area contributed by atoms with E-state index in [2.05, 4.69) is 5.32 Å². The quantitative estimate of drug-likeness (QED) is 0.498. The Bertz CT molecular complexity index is 1050. The summed E-state index contributed by atoms with van der Waals surface area (Å²) < 4.78 is 26.5. The van der Waals surface area contributed by atoms with Crippen molar-refractivity contribution in [1.82, 2.24) is 10.2 Å². The Morgan fingerprint density at radius 2 is 1.59 bits per heavy atom. The largest absolute Gasteiger partial charge is 0.354 e. The summed E-state index contributed by atoms with van der Waals surface area (Å²) in [5, 5.41) is 2.88. The second kappa shape index (κ2) is 12.6. The predicted octanol–water partition coefficient (Wildman–Crippen LogP) is 3.25. The third-order valence-corrected chi connectivity index (χ3v) is 6.78. The van der Waals surface area contributed by atoms with E-state index >= 15 is 0 Å². The number of rotatable bonds is 12. The highest BCUT2D eigenvalue weighted by atomic mass is 32.2.